The Balaban J connectivity index is 2.61. The van der Waals surface area contributed by atoms with Crippen LogP contribution in [-0.2, 0) is 0 Å². The summed E-state index contributed by atoms with van der Waals surface area (Å²) >= 11 is 0. The molecule has 0 spiro atoms. The summed E-state index contributed by atoms with van der Waals surface area (Å²) in [5.41, 5.74) is 0.627. The summed E-state index contributed by atoms with van der Waals surface area (Å²) in [4.78, 5) is 0. The fourth-order valence-electron chi connectivity index (χ4n) is 3.27. The zero-order valence-corrected chi connectivity index (χ0v) is 8.81. The van der Waals surface area contributed by atoms with Gasteiger partial charge in [-0.25, -0.2) is 0 Å². The Kier molecular flexibility index (Phi) is 2.07. The van der Waals surface area contributed by atoms with Crippen LogP contribution < -0.4 is 0 Å². The molecule has 2 atom stereocenters. The van der Waals surface area contributed by atoms with Crippen molar-refractivity contribution in [3.05, 3.63) is 0 Å². The minimum atomic E-state index is 0.627. The molecule has 0 aromatic heterocycles. The van der Waals surface area contributed by atoms with Crippen LogP contribution >= 0.6 is 0 Å². The van der Waals surface area contributed by atoms with Gasteiger partial charge in [-0.2, -0.15) is 0 Å². The molecule has 1 rings (SSSR count). The van der Waals surface area contributed by atoms with E-state index in [1.807, 2.05) is 0 Å². The van der Waals surface area contributed by atoms with E-state index in [0.717, 1.165) is 23.7 Å². The Morgan fingerprint density at radius 2 is 1.09 bits per heavy atom. The van der Waals surface area contributed by atoms with Crippen LogP contribution in [0.25, 0.3) is 0 Å². The lowest BCUT2D eigenvalue weighted by Crippen LogP contribution is -1.97. The SMILES string of the molecule is CC(C)C1[C@@H](C(C)C)C1(C)C. The zero-order chi connectivity index (χ0) is 8.81. The smallest absolute Gasteiger partial charge is 0.0287 e. The molecular weight excluding hydrogens is 132 g/mol. The van der Waals surface area contributed by atoms with E-state index in [9.17, 15) is 0 Å². The van der Waals surface area contributed by atoms with Gasteiger partial charge in [-0.05, 0) is 29.1 Å². The van der Waals surface area contributed by atoms with Gasteiger partial charge in [0.2, 0.25) is 0 Å². The van der Waals surface area contributed by atoms with Crippen molar-refractivity contribution in [3.63, 3.8) is 0 Å². The average Bonchev–Trinajstić information content (AvgIpc) is 2.33. The van der Waals surface area contributed by atoms with Crippen molar-refractivity contribution in [2.75, 3.05) is 0 Å². The maximum Gasteiger partial charge on any atom is -0.0287 e. The molecule has 66 valence electrons. The highest BCUT2D eigenvalue weighted by molar-refractivity contribution is 5.06. The molecule has 1 aliphatic rings. The van der Waals surface area contributed by atoms with Crippen LogP contribution in [0.2, 0.25) is 0 Å². The third kappa shape index (κ3) is 1.32. The van der Waals surface area contributed by atoms with Gasteiger partial charge in [0, 0.05) is 0 Å². The normalized spacial score (nSPS) is 34.9. The molecule has 0 saturated heterocycles. The Morgan fingerprint density at radius 3 is 1.18 bits per heavy atom. The van der Waals surface area contributed by atoms with Gasteiger partial charge in [-0.3, -0.25) is 0 Å². The molecule has 0 aromatic carbocycles. The van der Waals surface area contributed by atoms with Crippen LogP contribution in [0.5, 0.6) is 0 Å². The van der Waals surface area contributed by atoms with Gasteiger partial charge >= 0.3 is 0 Å². The van der Waals surface area contributed by atoms with Gasteiger partial charge in [0.25, 0.3) is 0 Å². The van der Waals surface area contributed by atoms with Crippen molar-refractivity contribution in [1.82, 2.24) is 0 Å². The Labute approximate surface area is 71.4 Å². The second-order valence-corrected chi connectivity index (χ2v) is 5.36. The molecular formula is C11H22. The van der Waals surface area contributed by atoms with Crippen LogP contribution in [0.4, 0.5) is 0 Å². The predicted octanol–water partition coefficient (Wildman–Crippen LogP) is 3.57. The lowest BCUT2D eigenvalue weighted by atomic mass is 10.0. The molecule has 0 bridgehead atoms. The molecule has 1 fully saturated rings. The molecule has 0 heteroatoms. The highest BCUT2D eigenvalue weighted by Gasteiger charge is 2.59. The van der Waals surface area contributed by atoms with Crippen LogP contribution in [0, 0.1) is 29.1 Å². The Morgan fingerprint density at radius 1 is 0.818 bits per heavy atom. The van der Waals surface area contributed by atoms with E-state index in [1.54, 1.807) is 0 Å². The van der Waals surface area contributed by atoms with E-state index < -0.39 is 0 Å². The topological polar surface area (TPSA) is 0 Å². The van der Waals surface area contributed by atoms with Gasteiger partial charge in [0.05, 0.1) is 0 Å². The second-order valence-electron chi connectivity index (χ2n) is 5.36. The van der Waals surface area contributed by atoms with E-state index in [4.69, 9.17) is 0 Å². The van der Waals surface area contributed by atoms with Crippen molar-refractivity contribution in [2.45, 2.75) is 41.5 Å². The first-order valence-electron chi connectivity index (χ1n) is 4.89. The lowest BCUT2D eigenvalue weighted by Gasteiger charge is -2.04. The van der Waals surface area contributed by atoms with E-state index in [1.165, 1.54) is 0 Å². The highest BCUT2D eigenvalue weighted by atomic mass is 14.6. The summed E-state index contributed by atoms with van der Waals surface area (Å²) in [7, 11) is 0. The maximum atomic E-state index is 2.42. The highest BCUT2D eigenvalue weighted by Crippen LogP contribution is 2.64. The molecule has 0 aliphatic heterocycles. The molecule has 0 amide bonds. The lowest BCUT2D eigenvalue weighted by molar-refractivity contribution is 0.448. The number of hydrogen-bond acceptors (Lipinski definition) is 0. The monoisotopic (exact) mass is 154 g/mol. The molecule has 1 unspecified atom stereocenters. The summed E-state index contributed by atoms with van der Waals surface area (Å²) in [6.45, 7) is 14.3. The molecule has 0 aromatic rings. The van der Waals surface area contributed by atoms with Crippen LogP contribution in [0.15, 0.2) is 0 Å². The fourth-order valence-corrected chi connectivity index (χ4v) is 3.27. The number of hydrogen-bond donors (Lipinski definition) is 0. The molecule has 0 N–H and O–H groups in total. The first kappa shape index (κ1) is 9.09. The second kappa shape index (κ2) is 2.50. The zero-order valence-electron chi connectivity index (χ0n) is 8.81. The molecule has 11 heavy (non-hydrogen) atoms. The third-order valence-electron chi connectivity index (χ3n) is 3.43. The molecule has 0 nitrogen and oxygen atoms in total. The van der Waals surface area contributed by atoms with Crippen molar-refractivity contribution in [2.24, 2.45) is 29.1 Å². The van der Waals surface area contributed by atoms with Gasteiger partial charge in [-0.15, -0.1) is 0 Å². The predicted molar refractivity (Wildman–Crippen MR) is 50.4 cm³/mol. The van der Waals surface area contributed by atoms with Gasteiger partial charge < -0.3 is 0 Å². The van der Waals surface area contributed by atoms with E-state index in [0.29, 0.717) is 5.41 Å². The van der Waals surface area contributed by atoms with Crippen molar-refractivity contribution in [3.8, 4) is 0 Å². The summed E-state index contributed by atoms with van der Waals surface area (Å²) in [6, 6.07) is 0. The Bertz CT molecular complexity index is 126. The summed E-state index contributed by atoms with van der Waals surface area (Å²) in [5, 5.41) is 0. The summed E-state index contributed by atoms with van der Waals surface area (Å²) < 4.78 is 0. The molecule has 0 radical (unpaired) electrons. The maximum absolute atomic E-state index is 2.42. The van der Waals surface area contributed by atoms with E-state index in [2.05, 4.69) is 41.5 Å². The molecule has 1 aliphatic carbocycles. The minimum absolute atomic E-state index is 0.627. The summed E-state index contributed by atoms with van der Waals surface area (Å²) in [5.74, 6) is 3.69. The van der Waals surface area contributed by atoms with Crippen LogP contribution in [0.1, 0.15) is 41.5 Å². The minimum Gasteiger partial charge on any atom is -0.0625 e. The molecule has 1 saturated carbocycles. The quantitative estimate of drug-likeness (QED) is 0.570. The van der Waals surface area contributed by atoms with Crippen LogP contribution in [-0.4, -0.2) is 0 Å². The van der Waals surface area contributed by atoms with Crippen LogP contribution in [0.3, 0.4) is 0 Å². The number of rotatable bonds is 2. The Hall–Kier alpha value is 0. The summed E-state index contributed by atoms with van der Waals surface area (Å²) in [6.07, 6.45) is 0. The third-order valence-corrected chi connectivity index (χ3v) is 3.43. The van der Waals surface area contributed by atoms with E-state index in [-0.39, 0.29) is 0 Å². The van der Waals surface area contributed by atoms with E-state index >= 15 is 0 Å². The van der Waals surface area contributed by atoms with Gasteiger partial charge in [0.1, 0.15) is 0 Å². The van der Waals surface area contributed by atoms with Crippen molar-refractivity contribution in [1.29, 1.82) is 0 Å². The standard InChI is InChI=1S/C11H22/c1-7(2)9-10(8(3)4)11(9,5)6/h7-10H,1-6H3/t9-,10?/m1/s1. The fraction of sp³-hybridized carbons (Fsp3) is 1.00. The van der Waals surface area contributed by atoms with Gasteiger partial charge in [-0.1, -0.05) is 41.5 Å². The average molecular weight is 154 g/mol. The first-order valence-corrected chi connectivity index (χ1v) is 4.89. The van der Waals surface area contributed by atoms with Gasteiger partial charge in [0.15, 0.2) is 0 Å². The first-order chi connectivity index (χ1) is 4.89. The molecule has 0 heterocycles. The van der Waals surface area contributed by atoms with Crippen molar-refractivity contribution < 1.29 is 0 Å². The van der Waals surface area contributed by atoms with Crippen molar-refractivity contribution >= 4 is 0 Å². The largest absolute Gasteiger partial charge is 0.0625 e.